The largest absolute Gasteiger partial charge is 0.475 e. The molecule has 8 heteroatoms. The Hall–Kier alpha value is -3.55. The zero-order valence-corrected chi connectivity index (χ0v) is 19.0. The Morgan fingerprint density at radius 2 is 1.94 bits per heavy atom. The minimum atomic E-state index is -0.309. The molecule has 32 heavy (non-hydrogen) atoms. The van der Waals surface area contributed by atoms with E-state index < -0.39 is 0 Å². The van der Waals surface area contributed by atoms with Crippen LogP contribution in [0.25, 0.3) is 5.69 Å². The highest BCUT2D eigenvalue weighted by molar-refractivity contribution is 5.99. The molecule has 3 aromatic rings. The number of aryl methyl sites for hydroxylation is 4. The second-order valence-corrected chi connectivity index (χ2v) is 8.03. The molecule has 0 bridgehead atoms. The Morgan fingerprint density at radius 3 is 2.69 bits per heavy atom. The predicted molar refractivity (Wildman–Crippen MR) is 125 cm³/mol. The number of tetrazole rings is 1. The number of hydrogen-bond acceptors (Lipinski definition) is 6. The van der Waals surface area contributed by atoms with Gasteiger partial charge in [0.25, 0.3) is 0 Å². The third-order valence-corrected chi connectivity index (χ3v) is 5.85. The van der Waals surface area contributed by atoms with E-state index in [0.717, 1.165) is 28.8 Å². The SMILES string of the molecule is CC/C(=N/N=C(/C)c1ccc2c(c1)CCC2)OCc1c(C)cccc1-n1nnn(C)c1=O. The van der Waals surface area contributed by atoms with Crippen LogP contribution in [-0.2, 0) is 31.2 Å². The molecule has 0 aliphatic heterocycles. The van der Waals surface area contributed by atoms with Crippen LogP contribution >= 0.6 is 0 Å². The van der Waals surface area contributed by atoms with Crippen molar-refractivity contribution in [3.8, 4) is 5.69 Å². The molecule has 8 nitrogen and oxygen atoms in total. The van der Waals surface area contributed by atoms with Gasteiger partial charge in [-0.2, -0.15) is 14.5 Å². The van der Waals surface area contributed by atoms with E-state index in [-0.39, 0.29) is 12.3 Å². The Labute approximate surface area is 187 Å². The van der Waals surface area contributed by atoms with Crippen LogP contribution in [0.1, 0.15) is 54.5 Å². The van der Waals surface area contributed by atoms with Crippen molar-refractivity contribution in [3.05, 3.63) is 74.7 Å². The second-order valence-electron chi connectivity index (χ2n) is 8.03. The first-order valence-corrected chi connectivity index (χ1v) is 10.9. The quantitative estimate of drug-likeness (QED) is 0.339. The average molecular weight is 433 g/mol. The average Bonchev–Trinajstić information content (AvgIpc) is 3.40. The number of benzene rings is 2. The molecule has 0 saturated carbocycles. The van der Waals surface area contributed by atoms with Crippen molar-refractivity contribution >= 4 is 11.6 Å². The minimum Gasteiger partial charge on any atom is -0.475 e. The Morgan fingerprint density at radius 1 is 1.12 bits per heavy atom. The number of aromatic nitrogens is 4. The smallest absolute Gasteiger partial charge is 0.368 e. The first-order chi connectivity index (χ1) is 15.5. The predicted octanol–water partition coefficient (Wildman–Crippen LogP) is 3.51. The molecule has 0 radical (unpaired) electrons. The zero-order valence-electron chi connectivity index (χ0n) is 19.0. The van der Waals surface area contributed by atoms with Gasteiger partial charge in [0.1, 0.15) is 6.61 Å². The van der Waals surface area contributed by atoms with Gasteiger partial charge in [-0.15, -0.1) is 5.10 Å². The zero-order chi connectivity index (χ0) is 22.7. The van der Waals surface area contributed by atoms with Crippen LogP contribution < -0.4 is 5.69 Å². The Balaban J connectivity index is 1.54. The summed E-state index contributed by atoms with van der Waals surface area (Å²) in [5, 5.41) is 16.6. The summed E-state index contributed by atoms with van der Waals surface area (Å²) in [4.78, 5) is 12.3. The van der Waals surface area contributed by atoms with Crippen molar-refractivity contribution in [3.63, 3.8) is 0 Å². The summed E-state index contributed by atoms with van der Waals surface area (Å²) < 4.78 is 8.48. The molecule has 0 amide bonds. The lowest BCUT2D eigenvalue weighted by molar-refractivity contribution is 0.282. The molecule has 1 aromatic heterocycles. The van der Waals surface area contributed by atoms with Crippen molar-refractivity contribution in [2.45, 2.75) is 53.1 Å². The van der Waals surface area contributed by atoms with E-state index >= 15 is 0 Å². The molecule has 0 N–H and O–H groups in total. The molecule has 0 unspecified atom stereocenters. The third-order valence-electron chi connectivity index (χ3n) is 5.85. The molecule has 0 atom stereocenters. The number of nitrogens with zero attached hydrogens (tertiary/aromatic N) is 6. The highest BCUT2D eigenvalue weighted by Gasteiger charge is 2.14. The van der Waals surface area contributed by atoms with Crippen molar-refractivity contribution in [1.29, 1.82) is 0 Å². The van der Waals surface area contributed by atoms with Crippen molar-refractivity contribution < 1.29 is 4.74 Å². The van der Waals surface area contributed by atoms with Gasteiger partial charge in [0.15, 0.2) is 0 Å². The van der Waals surface area contributed by atoms with E-state index in [1.54, 1.807) is 7.05 Å². The Bertz CT molecular complexity index is 1250. The topological polar surface area (TPSA) is 86.7 Å². The molecule has 4 rings (SSSR count). The maximum absolute atomic E-state index is 12.3. The van der Waals surface area contributed by atoms with Crippen LogP contribution in [0.5, 0.6) is 0 Å². The van der Waals surface area contributed by atoms with E-state index in [9.17, 15) is 4.79 Å². The van der Waals surface area contributed by atoms with Crippen molar-refractivity contribution in [2.75, 3.05) is 0 Å². The lowest BCUT2D eigenvalue weighted by atomic mass is 10.0. The Kier molecular flexibility index (Phi) is 6.30. The number of ether oxygens (including phenoxy) is 1. The summed E-state index contributed by atoms with van der Waals surface area (Å²) in [5.41, 5.74) is 7.00. The summed E-state index contributed by atoms with van der Waals surface area (Å²) in [5.74, 6) is 0.534. The van der Waals surface area contributed by atoms with E-state index in [1.165, 1.54) is 33.3 Å². The number of fused-ring (bicyclic) bond motifs is 1. The van der Waals surface area contributed by atoms with Gasteiger partial charge in [-0.1, -0.05) is 31.2 Å². The summed E-state index contributed by atoms with van der Waals surface area (Å²) in [6, 6.07) is 12.2. The molecular weight excluding hydrogens is 404 g/mol. The normalized spacial score (nSPS) is 14.0. The molecular formula is C24H28N6O2. The van der Waals surface area contributed by atoms with Gasteiger partial charge in [0.05, 0.1) is 11.4 Å². The summed E-state index contributed by atoms with van der Waals surface area (Å²) in [6.45, 7) is 6.17. The van der Waals surface area contributed by atoms with Gasteiger partial charge >= 0.3 is 5.69 Å². The molecule has 1 aliphatic rings. The van der Waals surface area contributed by atoms with E-state index in [4.69, 9.17) is 4.74 Å². The van der Waals surface area contributed by atoms with Gasteiger partial charge in [-0.3, -0.25) is 0 Å². The maximum atomic E-state index is 12.3. The molecule has 166 valence electrons. The van der Waals surface area contributed by atoms with Gasteiger partial charge < -0.3 is 4.74 Å². The lowest BCUT2D eigenvalue weighted by Crippen LogP contribution is -2.23. The monoisotopic (exact) mass is 432 g/mol. The van der Waals surface area contributed by atoms with Crippen molar-refractivity contribution in [2.24, 2.45) is 17.3 Å². The van der Waals surface area contributed by atoms with E-state index in [0.29, 0.717) is 18.0 Å². The first-order valence-electron chi connectivity index (χ1n) is 10.9. The second kappa shape index (κ2) is 9.30. The molecule has 0 spiro atoms. The van der Waals surface area contributed by atoms with Crippen LogP contribution in [0.4, 0.5) is 0 Å². The summed E-state index contributed by atoms with van der Waals surface area (Å²) >= 11 is 0. The van der Waals surface area contributed by atoms with Crippen LogP contribution in [0.3, 0.4) is 0 Å². The van der Waals surface area contributed by atoms with Crippen LogP contribution in [0.15, 0.2) is 51.4 Å². The highest BCUT2D eigenvalue weighted by atomic mass is 16.5. The molecule has 0 fully saturated rings. The number of hydrogen-bond donors (Lipinski definition) is 0. The first kappa shape index (κ1) is 21.7. The lowest BCUT2D eigenvalue weighted by Gasteiger charge is -2.13. The molecule has 1 heterocycles. The van der Waals surface area contributed by atoms with Gasteiger partial charge in [-0.25, -0.2) is 4.79 Å². The molecule has 1 aliphatic carbocycles. The molecule has 2 aromatic carbocycles. The number of rotatable bonds is 6. The standard InChI is InChI=1S/C24H28N6O2/c1-5-23(26-25-17(3)19-13-12-18-9-7-10-20(18)14-19)32-15-21-16(2)8-6-11-22(21)30-24(31)29(4)27-28-30/h6,8,11-14H,5,7,9-10,15H2,1-4H3/b25-17-,26-23-. The summed E-state index contributed by atoms with van der Waals surface area (Å²) in [6.07, 6.45) is 4.13. The van der Waals surface area contributed by atoms with Gasteiger partial charge in [0.2, 0.25) is 5.90 Å². The van der Waals surface area contributed by atoms with Crippen LogP contribution in [0, 0.1) is 6.92 Å². The fourth-order valence-corrected chi connectivity index (χ4v) is 3.88. The van der Waals surface area contributed by atoms with Crippen molar-refractivity contribution in [1.82, 2.24) is 19.8 Å². The summed E-state index contributed by atoms with van der Waals surface area (Å²) in [7, 11) is 1.57. The minimum absolute atomic E-state index is 0.255. The van der Waals surface area contributed by atoms with Crippen LogP contribution in [0.2, 0.25) is 0 Å². The maximum Gasteiger partial charge on any atom is 0.368 e. The fraction of sp³-hybridized carbons (Fsp3) is 0.375. The van der Waals surface area contributed by atoms with E-state index in [1.807, 2.05) is 39.0 Å². The fourth-order valence-electron chi connectivity index (χ4n) is 3.88. The third kappa shape index (κ3) is 4.39. The van der Waals surface area contributed by atoms with E-state index in [2.05, 4.69) is 38.8 Å². The highest BCUT2D eigenvalue weighted by Crippen LogP contribution is 2.23. The van der Waals surface area contributed by atoms with Gasteiger partial charge in [-0.05, 0) is 77.9 Å². The van der Waals surface area contributed by atoms with Crippen LogP contribution in [-0.4, -0.2) is 31.4 Å². The van der Waals surface area contributed by atoms with Gasteiger partial charge in [0, 0.05) is 19.0 Å². The molecule has 0 saturated heterocycles.